The number of aryl methyl sites for hydroxylation is 1. The summed E-state index contributed by atoms with van der Waals surface area (Å²) in [5.41, 5.74) is 0.842. The number of thiophene rings is 1. The van der Waals surface area contributed by atoms with Crippen LogP contribution in [-0.4, -0.2) is 51.4 Å². The number of carbonyl (C=O) groups excluding carboxylic acids is 1. The first-order chi connectivity index (χ1) is 10.7. The van der Waals surface area contributed by atoms with E-state index in [1.807, 2.05) is 41.2 Å². The SMILES string of the molecule is Cn1ccnc1CN1C[C@@H]2CN(C(=O)c3ccsc3)C[C@@H]2C1. The molecule has 2 aliphatic heterocycles. The maximum absolute atomic E-state index is 12.4. The molecule has 2 aromatic rings. The fourth-order valence-corrected chi connectivity index (χ4v) is 4.33. The molecule has 22 heavy (non-hydrogen) atoms. The van der Waals surface area contributed by atoms with Crippen LogP contribution >= 0.6 is 11.3 Å². The number of hydrogen-bond donors (Lipinski definition) is 0. The van der Waals surface area contributed by atoms with Crippen molar-refractivity contribution in [2.45, 2.75) is 6.54 Å². The van der Waals surface area contributed by atoms with Gasteiger partial charge in [-0.1, -0.05) is 0 Å². The van der Waals surface area contributed by atoms with Gasteiger partial charge in [-0.15, -0.1) is 0 Å². The summed E-state index contributed by atoms with van der Waals surface area (Å²) >= 11 is 1.59. The van der Waals surface area contributed by atoms with Gasteiger partial charge in [0.1, 0.15) is 5.82 Å². The average molecular weight is 316 g/mol. The van der Waals surface area contributed by atoms with Gasteiger partial charge >= 0.3 is 0 Å². The fourth-order valence-electron chi connectivity index (χ4n) is 3.70. The maximum Gasteiger partial charge on any atom is 0.254 e. The molecule has 2 aromatic heterocycles. The van der Waals surface area contributed by atoms with Crippen molar-refractivity contribution in [2.75, 3.05) is 26.2 Å². The molecular formula is C16H20N4OS. The van der Waals surface area contributed by atoms with Crippen LogP contribution in [-0.2, 0) is 13.6 Å². The largest absolute Gasteiger partial charge is 0.338 e. The number of rotatable bonds is 3. The molecule has 4 rings (SSSR count). The minimum Gasteiger partial charge on any atom is -0.338 e. The Bertz CT molecular complexity index is 652. The summed E-state index contributed by atoms with van der Waals surface area (Å²) in [5, 5.41) is 3.92. The number of fused-ring (bicyclic) bond motifs is 1. The molecule has 0 radical (unpaired) electrons. The molecule has 2 atom stereocenters. The fraction of sp³-hybridized carbons (Fsp3) is 0.500. The number of amides is 1. The second kappa shape index (κ2) is 5.52. The third-order valence-corrected chi connectivity index (χ3v) is 5.59. The lowest BCUT2D eigenvalue weighted by Crippen LogP contribution is -2.33. The zero-order chi connectivity index (χ0) is 15.1. The average Bonchev–Trinajstić information content (AvgIpc) is 3.23. The van der Waals surface area contributed by atoms with E-state index < -0.39 is 0 Å². The molecule has 0 unspecified atom stereocenters. The Hall–Kier alpha value is -1.66. The van der Waals surface area contributed by atoms with Crippen molar-refractivity contribution in [3.8, 4) is 0 Å². The Balaban J connectivity index is 1.36. The monoisotopic (exact) mass is 316 g/mol. The minimum absolute atomic E-state index is 0.200. The van der Waals surface area contributed by atoms with E-state index in [1.54, 1.807) is 11.3 Å². The van der Waals surface area contributed by atoms with Gasteiger partial charge in [0.15, 0.2) is 0 Å². The second-order valence-corrected chi connectivity index (χ2v) is 7.17. The summed E-state index contributed by atoms with van der Waals surface area (Å²) in [6, 6.07) is 1.93. The number of likely N-dealkylation sites (tertiary alicyclic amines) is 2. The van der Waals surface area contributed by atoms with E-state index in [-0.39, 0.29) is 5.91 Å². The Morgan fingerprint density at radius 2 is 2.09 bits per heavy atom. The molecule has 0 N–H and O–H groups in total. The van der Waals surface area contributed by atoms with Crippen molar-refractivity contribution >= 4 is 17.2 Å². The minimum atomic E-state index is 0.200. The molecule has 0 aromatic carbocycles. The molecule has 1 amide bonds. The van der Waals surface area contributed by atoms with E-state index in [4.69, 9.17) is 0 Å². The van der Waals surface area contributed by atoms with E-state index in [1.165, 1.54) is 0 Å². The van der Waals surface area contributed by atoms with Gasteiger partial charge < -0.3 is 9.47 Å². The van der Waals surface area contributed by atoms with Crippen LogP contribution in [0.3, 0.4) is 0 Å². The predicted molar refractivity (Wildman–Crippen MR) is 85.7 cm³/mol. The highest BCUT2D eigenvalue weighted by Crippen LogP contribution is 2.32. The first-order valence-corrected chi connectivity index (χ1v) is 8.65. The summed E-state index contributed by atoms with van der Waals surface area (Å²) in [5.74, 6) is 2.54. The number of aromatic nitrogens is 2. The van der Waals surface area contributed by atoms with Crippen LogP contribution in [0.1, 0.15) is 16.2 Å². The van der Waals surface area contributed by atoms with Gasteiger partial charge in [-0.2, -0.15) is 11.3 Å². The van der Waals surface area contributed by atoms with Gasteiger partial charge in [-0.25, -0.2) is 4.98 Å². The highest BCUT2D eigenvalue weighted by Gasteiger charge is 2.41. The molecule has 2 fully saturated rings. The third kappa shape index (κ3) is 2.46. The zero-order valence-electron chi connectivity index (χ0n) is 12.7. The van der Waals surface area contributed by atoms with Crippen LogP contribution in [0.4, 0.5) is 0 Å². The smallest absolute Gasteiger partial charge is 0.254 e. The molecule has 0 bridgehead atoms. The van der Waals surface area contributed by atoms with Gasteiger partial charge in [-0.05, 0) is 23.3 Å². The number of nitrogens with zero attached hydrogens (tertiary/aromatic N) is 4. The van der Waals surface area contributed by atoms with E-state index in [9.17, 15) is 4.79 Å². The summed E-state index contributed by atoms with van der Waals surface area (Å²) in [6.45, 7) is 4.86. The molecule has 5 nitrogen and oxygen atoms in total. The Labute approximate surface area is 134 Å². The summed E-state index contributed by atoms with van der Waals surface area (Å²) < 4.78 is 2.08. The van der Waals surface area contributed by atoms with Crippen LogP contribution in [0.5, 0.6) is 0 Å². The van der Waals surface area contributed by atoms with Gasteiger partial charge in [0.25, 0.3) is 5.91 Å². The van der Waals surface area contributed by atoms with Crippen molar-refractivity contribution in [3.63, 3.8) is 0 Å². The lowest BCUT2D eigenvalue weighted by molar-refractivity contribution is 0.0773. The van der Waals surface area contributed by atoms with E-state index >= 15 is 0 Å². The van der Waals surface area contributed by atoms with E-state index in [0.717, 1.165) is 44.1 Å². The first-order valence-electron chi connectivity index (χ1n) is 7.70. The summed E-state index contributed by atoms with van der Waals surface area (Å²) in [7, 11) is 2.04. The summed E-state index contributed by atoms with van der Waals surface area (Å²) in [6.07, 6.45) is 3.85. The molecule has 0 saturated carbocycles. The van der Waals surface area contributed by atoms with Crippen LogP contribution < -0.4 is 0 Å². The van der Waals surface area contributed by atoms with Crippen molar-refractivity contribution < 1.29 is 4.79 Å². The maximum atomic E-state index is 12.4. The number of imidazole rings is 1. The lowest BCUT2D eigenvalue weighted by Gasteiger charge is -2.21. The first kappa shape index (κ1) is 14.0. The van der Waals surface area contributed by atoms with Crippen LogP contribution in [0, 0.1) is 11.8 Å². The van der Waals surface area contributed by atoms with Gasteiger partial charge in [0.2, 0.25) is 0 Å². The zero-order valence-corrected chi connectivity index (χ0v) is 13.5. The standard InChI is InChI=1S/C16H20N4OS/c1-18-4-3-17-15(18)10-19-6-13-8-20(9-14(13)7-19)16(21)12-2-5-22-11-12/h2-5,11,13-14H,6-10H2,1H3/t13-,14+. The highest BCUT2D eigenvalue weighted by atomic mass is 32.1. The molecule has 2 aliphatic rings. The number of carbonyl (C=O) groups is 1. The van der Waals surface area contributed by atoms with Crippen molar-refractivity contribution in [2.24, 2.45) is 18.9 Å². The molecule has 6 heteroatoms. The summed E-state index contributed by atoms with van der Waals surface area (Å²) in [4.78, 5) is 21.3. The molecule has 4 heterocycles. The van der Waals surface area contributed by atoms with Crippen LogP contribution in [0.2, 0.25) is 0 Å². The molecule has 116 valence electrons. The van der Waals surface area contributed by atoms with Gasteiger partial charge in [-0.3, -0.25) is 9.69 Å². The van der Waals surface area contributed by atoms with Crippen molar-refractivity contribution in [3.05, 3.63) is 40.6 Å². The lowest BCUT2D eigenvalue weighted by atomic mass is 10.0. The molecular weight excluding hydrogens is 296 g/mol. The normalized spacial score (nSPS) is 24.9. The van der Waals surface area contributed by atoms with Gasteiger partial charge in [0, 0.05) is 51.0 Å². The van der Waals surface area contributed by atoms with Crippen molar-refractivity contribution in [1.29, 1.82) is 0 Å². The Kier molecular flexibility index (Phi) is 3.50. The van der Waals surface area contributed by atoms with E-state index in [2.05, 4.69) is 14.5 Å². The topological polar surface area (TPSA) is 41.4 Å². The molecule has 0 aliphatic carbocycles. The van der Waals surface area contributed by atoms with Crippen LogP contribution in [0.25, 0.3) is 0 Å². The second-order valence-electron chi connectivity index (χ2n) is 6.39. The Morgan fingerprint density at radius 3 is 2.68 bits per heavy atom. The molecule has 0 spiro atoms. The number of hydrogen-bond acceptors (Lipinski definition) is 4. The highest BCUT2D eigenvalue weighted by molar-refractivity contribution is 7.08. The Morgan fingerprint density at radius 1 is 1.32 bits per heavy atom. The van der Waals surface area contributed by atoms with Gasteiger partial charge in [0.05, 0.1) is 12.1 Å². The molecule has 2 saturated heterocycles. The predicted octanol–water partition coefficient (Wildman–Crippen LogP) is 1.69. The van der Waals surface area contributed by atoms with Crippen LogP contribution in [0.15, 0.2) is 29.2 Å². The van der Waals surface area contributed by atoms with Crippen molar-refractivity contribution in [1.82, 2.24) is 19.4 Å². The van der Waals surface area contributed by atoms with E-state index in [0.29, 0.717) is 11.8 Å². The quantitative estimate of drug-likeness (QED) is 0.865. The third-order valence-electron chi connectivity index (χ3n) is 4.90.